The summed E-state index contributed by atoms with van der Waals surface area (Å²) in [4.78, 5) is 52.5. The number of piperidine rings is 1. The molecule has 8 nitrogen and oxygen atoms in total. The first-order valence-corrected chi connectivity index (χ1v) is 21.5. The third-order valence-electron chi connectivity index (χ3n) is 18.2. The zero-order valence-corrected chi connectivity index (χ0v) is 34.4. The van der Waals surface area contributed by atoms with Crippen LogP contribution in [-0.2, 0) is 23.9 Å². The van der Waals surface area contributed by atoms with Crippen LogP contribution in [0.25, 0.3) is 0 Å². The molecule has 3 N–H and O–H groups in total. The number of ether oxygens (including phenoxy) is 1. The van der Waals surface area contributed by atoms with Crippen LogP contribution in [0, 0.1) is 68.0 Å². The second-order valence-electron chi connectivity index (χ2n) is 21.3. The zero-order valence-electron chi connectivity index (χ0n) is 34.4. The van der Waals surface area contributed by atoms with Gasteiger partial charge in [0.25, 0.3) is 0 Å². The molecule has 6 fully saturated rings. The van der Waals surface area contributed by atoms with Crippen molar-refractivity contribution in [2.45, 2.75) is 164 Å². The Hall–Kier alpha value is -2.22. The Morgan fingerprint density at radius 3 is 2.23 bits per heavy atom. The molecule has 0 aromatic carbocycles. The lowest BCUT2D eigenvalue weighted by Crippen LogP contribution is -2.66. The fourth-order valence-corrected chi connectivity index (χ4v) is 14.8. The monoisotopic (exact) mass is 735 g/mol. The number of carboxylic acids is 1. The molecular weight excluding hydrogens is 665 g/mol. The number of ketones is 1. The minimum absolute atomic E-state index is 0.0761. The Morgan fingerprint density at radius 1 is 0.849 bits per heavy atom. The largest absolute Gasteiger partial charge is 0.481 e. The fourth-order valence-electron chi connectivity index (χ4n) is 14.8. The summed E-state index contributed by atoms with van der Waals surface area (Å²) in [5.74, 6) is 0.103. The van der Waals surface area contributed by atoms with Gasteiger partial charge in [-0.25, -0.2) is 0 Å². The van der Waals surface area contributed by atoms with E-state index >= 15 is 0 Å². The third kappa shape index (κ3) is 5.73. The van der Waals surface area contributed by atoms with Gasteiger partial charge in [-0.2, -0.15) is 0 Å². The van der Waals surface area contributed by atoms with Crippen LogP contribution in [0.3, 0.4) is 0 Å². The smallest absolute Gasteiger partial charge is 0.309 e. The number of nitrogens with one attached hydrogen (secondary N) is 2. The highest BCUT2D eigenvalue weighted by molar-refractivity contribution is 6.00. The average molecular weight is 735 g/mol. The van der Waals surface area contributed by atoms with Crippen LogP contribution < -0.4 is 10.6 Å². The van der Waals surface area contributed by atoms with Gasteiger partial charge in [0.05, 0.1) is 17.9 Å². The van der Waals surface area contributed by atoms with E-state index < -0.39 is 17.3 Å². The van der Waals surface area contributed by atoms with Crippen LogP contribution in [0.2, 0.25) is 0 Å². The van der Waals surface area contributed by atoms with Crippen molar-refractivity contribution in [2.75, 3.05) is 13.1 Å². The lowest BCUT2D eigenvalue weighted by atomic mass is 9.33. The van der Waals surface area contributed by atoms with E-state index in [-0.39, 0.29) is 62.9 Å². The van der Waals surface area contributed by atoms with E-state index in [1.165, 1.54) is 5.57 Å². The molecule has 0 spiro atoms. The molecule has 53 heavy (non-hydrogen) atoms. The second kappa shape index (κ2) is 13.2. The lowest BCUT2D eigenvalue weighted by Gasteiger charge is -2.72. The maximum Gasteiger partial charge on any atom is 0.309 e. The third-order valence-corrected chi connectivity index (χ3v) is 18.2. The number of Topliss-reactive ketones (excluding diaryl/α,β-unsaturated/α-hetero) is 1. The standard InChI is InChI=1S/C45H70N2O6/c1-26(2)35-31(48)25-45(21-23-47-37(49)30-12-10-11-22-46-30)20-19-43(8)27(36(35)45)13-14-33-42(7)17-16-34(41(5,6)32(42)15-18-44(33,43)9)53-39(52)29-24-28(38(50)51)40(29,3)4/h26-30,32-34,46H,10-25H2,1-9H3,(H,47,49)(H,50,51)/t27-,28+,29-,30-,32+,33-,34+,42+,43-,44-,45-/m1/s1. The van der Waals surface area contributed by atoms with E-state index in [1.54, 1.807) is 0 Å². The summed E-state index contributed by atoms with van der Waals surface area (Å²) in [6, 6.07) is -0.0948. The molecule has 6 aliphatic carbocycles. The Balaban J connectivity index is 1.11. The summed E-state index contributed by atoms with van der Waals surface area (Å²) in [5.41, 5.74) is 1.96. The number of hydrogen-bond donors (Lipinski definition) is 3. The van der Waals surface area contributed by atoms with Crippen molar-refractivity contribution in [3.63, 3.8) is 0 Å². The molecule has 0 radical (unpaired) electrons. The number of fused-ring (bicyclic) bond motifs is 7. The van der Waals surface area contributed by atoms with Gasteiger partial charge in [0.1, 0.15) is 6.10 Å². The number of aliphatic carboxylic acids is 1. The van der Waals surface area contributed by atoms with Gasteiger partial charge in [0.15, 0.2) is 5.78 Å². The van der Waals surface area contributed by atoms with E-state index in [4.69, 9.17) is 4.74 Å². The van der Waals surface area contributed by atoms with Gasteiger partial charge in [0, 0.05) is 23.8 Å². The molecule has 11 atom stereocenters. The van der Waals surface area contributed by atoms with Crippen molar-refractivity contribution in [1.82, 2.24) is 10.6 Å². The van der Waals surface area contributed by atoms with E-state index in [9.17, 15) is 24.3 Å². The molecule has 1 aliphatic heterocycles. The van der Waals surface area contributed by atoms with Crippen LogP contribution >= 0.6 is 0 Å². The molecule has 0 bridgehead atoms. The number of amides is 1. The van der Waals surface area contributed by atoms with Crippen LogP contribution in [0.15, 0.2) is 11.1 Å². The summed E-state index contributed by atoms with van der Waals surface area (Å²) in [6.07, 6.45) is 13.3. The van der Waals surface area contributed by atoms with Crippen molar-refractivity contribution >= 4 is 23.6 Å². The summed E-state index contributed by atoms with van der Waals surface area (Å²) in [7, 11) is 0. The van der Waals surface area contributed by atoms with E-state index in [0.717, 1.165) is 89.2 Å². The van der Waals surface area contributed by atoms with Crippen LogP contribution in [0.5, 0.6) is 0 Å². The molecule has 1 amide bonds. The normalized spacial score (nSPS) is 44.2. The molecule has 1 saturated heterocycles. The van der Waals surface area contributed by atoms with Crippen molar-refractivity contribution in [2.24, 2.45) is 68.0 Å². The maximum atomic E-state index is 14.0. The van der Waals surface area contributed by atoms with Crippen molar-refractivity contribution in [3.8, 4) is 0 Å². The molecule has 0 aromatic heterocycles. The molecular formula is C45H70N2O6. The zero-order chi connectivity index (χ0) is 38.5. The van der Waals surface area contributed by atoms with Crippen LogP contribution in [-0.4, -0.2) is 54.0 Å². The summed E-state index contributed by atoms with van der Waals surface area (Å²) in [6.45, 7) is 22.2. The fraction of sp³-hybridized carbons (Fsp3) is 0.867. The van der Waals surface area contributed by atoms with Gasteiger partial charge in [-0.15, -0.1) is 0 Å². The van der Waals surface area contributed by atoms with Crippen LogP contribution in [0.1, 0.15) is 152 Å². The molecule has 8 heteroatoms. The summed E-state index contributed by atoms with van der Waals surface area (Å²) < 4.78 is 6.42. The first-order chi connectivity index (χ1) is 24.7. The predicted molar refractivity (Wildman–Crippen MR) is 206 cm³/mol. The number of carbonyl (C=O) groups is 4. The van der Waals surface area contributed by atoms with Gasteiger partial charge in [-0.1, -0.05) is 74.3 Å². The Labute approximate surface area is 319 Å². The minimum atomic E-state index is -0.822. The SMILES string of the molecule is CC(C)C1=C2[C@H]3CC[C@@H]4[C@@]5(C)CC[C@H](OC(=O)[C@H]6C[C@@H](C(=O)O)C6(C)C)C(C)(C)[C@@H]5CC[C@@]4(C)[C@]3(C)CC[C@@]2(CCNC(=O)[C@H]2CCCCN2)CC1=O. The summed E-state index contributed by atoms with van der Waals surface area (Å²) in [5, 5.41) is 16.3. The van der Waals surface area contributed by atoms with Gasteiger partial charge < -0.3 is 20.5 Å². The first-order valence-electron chi connectivity index (χ1n) is 21.5. The van der Waals surface area contributed by atoms with Crippen molar-refractivity contribution in [3.05, 3.63) is 11.1 Å². The van der Waals surface area contributed by atoms with E-state index in [1.807, 2.05) is 13.8 Å². The lowest BCUT2D eigenvalue weighted by molar-refractivity contribution is -0.236. The second-order valence-corrected chi connectivity index (χ2v) is 21.3. The number of carboxylic acid groups (broad SMARTS) is 1. The number of rotatable bonds is 8. The van der Waals surface area contributed by atoms with Gasteiger partial charge >= 0.3 is 11.9 Å². The molecule has 7 rings (SSSR count). The number of esters is 1. The molecule has 0 aromatic rings. The highest BCUT2D eigenvalue weighted by Crippen LogP contribution is 2.77. The Kier molecular flexibility index (Phi) is 9.71. The van der Waals surface area contributed by atoms with Crippen LogP contribution in [0.4, 0.5) is 0 Å². The predicted octanol–water partition coefficient (Wildman–Crippen LogP) is 8.27. The number of hydrogen-bond acceptors (Lipinski definition) is 6. The topological polar surface area (TPSA) is 122 Å². The summed E-state index contributed by atoms with van der Waals surface area (Å²) >= 11 is 0. The Bertz CT molecular complexity index is 1560. The highest BCUT2D eigenvalue weighted by Gasteiger charge is 2.70. The quantitative estimate of drug-likeness (QED) is 0.215. The van der Waals surface area contributed by atoms with Crippen molar-refractivity contribution < 1.29 is 29.0 Å². The molecule has 5 saturated carbocycles. The van der Waals surface area contributed by atoms with Gasteiger partial charge in [-0.3, -0.25) is 19.2 Å². The Morgan fingerprint density at radius 2 is 1.58 bits per heavy atom. The molecule has 7 aliphatic rings. The van der Waals surface area contributed by atoms with Crippen molar-refractivity contribution in [1.29, 1.82) is 0 Å². The first kappa shape index (κ1) is 39.0. The number of carbonyl (C=O) groups excluding carboxylic acids is 3. The highest BCUT2D eigenvalue weighted by atomic mass is 16.5. The number of allylic oxidation sites excluding steroid dienone is 2. The molecule has 1 heterocycles. The molecule has 296 valence electrons. The average Bonchev–Trinajstić information content (AvgIpc) is 3.38. The minimum Gasteiger partial charge on any atom is -0.481 e. The molecule has 0 unspecified atom stereocenters. The van der Waals surface area contributed by atoms with E-state index in [2.05, 4.69) is 59.1 Å². The maximum absolute atomic E-state index is 14.0. The van der Waals surface area contributed by atoms with Gasteiger partial charge in [0.2, 0.25) is 5.91 Å². The van der Waals surface area contributed by atoms with E-state index in [0.29, 0.717) is 42.9 Å². The van der Waals surface area contributed by atoms with Gasteiger partial charge in [-0.05, 0) is 134 Å².